The van der Waals surface area contributed by atoms with E-state index in [2.05, 4.69) is 25.2 Å². The summed E-state index contributed by atoms with van der Waals surface area (Å²) < 4.78 is 10.4. The van der Waals surface area contributed by atoms with E-state index in [4.69, 9.17) is 9.15 Å². The molecule has 1 fully saturated rings. The molecule has 38 heavy (non-hydrogen) atoms. The van der Waals surface area contributed by atoms with E-state index in [-0.39, 0.29) is 23.6 Å². The van der Waals surface area contributed by atoms with Crippen LogP contribution in [0.2, 0.25) is 0 Å². The smallest absolute Gasteiger partial charge is 0.417 e. The van der Waals surface area contributed by atoms with Crippen LogP contribution >= 0.6 is 0 Å². The van der Waals surface area contributed by atoms with Gasteiger partial charge in [-0.25, -0.2) is 19.6 Å². The Balaban J connectivity index is 1.12. The van der Waals surface area contributed by atoms with Crippen molar-refractivity contribution in [3.63, 3.8) is 0 Å². The number of nitrogens with one attached hydrogen (secondary N) is 2. The fraction of sp³-hybridized carbons (Fsp3) is 0.296. The minimum absolute atomic E-state index is 0.0856. The lowest BCUT2D eigenvalue weighted by Crippen LogP contribution is -2.49. The molecule has 4 aromatic rings. The third-order valence-electron chi connectivity index (χ3n) is 7.23. The van der Waals surface area contributed by atoms with E-state index in [1.165, 1.54) is 12.4 Å². The van der Waals surface area contributed by atoms with Crippen LogP contribution in [0.1, 0.15) is 34.5 Å². The van der Waals surface area contributed by atoms with Crippen molar-refractivity contribution in [1.82, 2.24) is 19.9 Å². The average molecular weight is 515 g/mol. The lowest BCUT2D eigenvalue weighted by molar-refractivity contribution is 0.103. The van der Waals surface area contributed by atoms with Gasteiger partial charge in [-0.3, -0.25) is 9.78 Å². The number of carbonyl (C=O) groups is 2. The quantitative estimate of drug-likeness (QED) is 0.388. The normalized spacial score (nSPS) is 16.2. The van der Waals surface area contributed by atoms with E-state index in [1.54, 1.807) is 25.3 Å². The Hall–Kier alpha value is -4.67. The molecule has 0 saturated carbocycles. The maximum atomic E-state index is 13.1. The summed E-state index contributed by atoms with van der Waals surface area (Å²) in [5, 5.41) is 3.05. The molecule has 4 heterocycles. The second-order valence-corrected chi connectivity index (χ2v) is 9.43. The number of nitrogens with zero attached hydrogens (tertiary/aromatic N) is 4. The number of amides is 2. The number of hydrogen-bond donors (Lipinski definition) is 2. The number of fused-ring (bicyclic) bond motifs is 2. The Morgan fingerprint density at radius 2 is 1.89 bits per heavy atom. The van der Waals surface area contributed by atoms with Crippen molar-refractivity contribution in [3.05, 3.63) is 76.2 Å². The number of benzene rings is 2. The minimum atomic E-state index is -0.570. The number of H-pyrrole nitrogens is 1. The zero-order valence-corrected chi connectivity index (χ0v) is 20.8. The van der Waals surface area contributed by atoms with Crippen LogP contribution in [0.4, 0.5) is 16.3 Å². The number of carbonyl (C=O) groups excluding carboxylic acids is 2. The van der Waals surface area contributed by atoms with Crippen molar-refractivity contribution in [3.8, 4) is 5.75 Å². The van der Waals surface area contributed by atoms with Gasteiger partial charge in [0.05, 0.1) is 12.6 Å². The van der Waals surface area contributed by atoms with Gasteiger partial charge in [-0.05, 0) is 61.2 Å². The molecule has 6 rings (SSSR count). The van der Waals surface area contributed by atoms with Gasteiger partial charge in [0.2, 0.25) is 5.78 Å². The zero-order valence-electron chi connectivity index (χ0n) is 20.8. The van der Waals surface area contributed by atoms with Crippen LogP contribution in [-0.2, 0) is 6.42 Å². The molecule has 0 aliphatic carbocycles. The molecule has 0 bridgehead atoms. The van der Waals surface area contributed by atoms with Crippen molar-refractivity contribution in [2.24, 2.45) is 0 Å². The highest BCUT2D eigenvalue weighted by Gasteiger charge is 2.31. The van der Waals surface area contributed by atoms with Gasteiger partial charge in [0, 0.05) is 43.0 Å². The van der Waals surface area contributed by atoms with Crippen LogP contribution in [0.5, 0.6) is 5.75 Å². The summed E-state index contributed by atoms with van der Waals surface area (Å²) in [4.78, 5) is 52.7. The summed E-state index contributed by atoms with van der Waals surface area (Å²) in [6.07, 6.45) is 3.70. The largest absolute Gasteiger partial charge is 0.497 e. The fourth-order valence-electron chi connectivity index (χ4n) is 5.19. The lowest BCUT2D eigenvalue weighted by atomic mass is 10.0. The molecule has 194 valence electrons. The molecule has 0 unspecified atom stereocenters. The third kappa shape index (κ3) is 4.47. The van der Waals surface area contributed by atoms with E-state index in [1.807, 2.05) is 23.1 Å². The Kier molecular flexibility index (Phi) is 6.02. The highest BCUT2D eigenvalue weighted by molar-refractivity contribution is 6.09. The van der Waals surface area contributed by atoms with Crippen LogP contribution in [-0.4, -0.2) is 64.5 Å². The number of urea groups is 1. The van der Waals surface area contributed by atoms with Crippen LogP contribution in [0, 0.1) is 0 Å². The van der Waals surface area contributed by atoms with Gasteiger partial charge >= 0.3 is 11.8 Å². The highest BCUT2D eigenvalue weighted by Crippen LogP contribution is 2.28. The number of aromatic amines is 1. The molecular formula is C27H26N6O5. The van der Waals surface area contributed by atoms with Gasteiger partial charge in [0.1, 0.15) is 23.6 Å². The number of anilines is 2. The van der Waals surface area contributed by atoms with E-state index < -0.39 is 5.76 Å². The first-order valence-corrected chi connectivity index (χ1v) is 12.5. The van der Waals surface area contributed by atoms with Gasteiger partial charge in [-0.1, -0.05) is 0 Å². The summed E-state index contributed by atoms with van der Waals surface area (Å²) in [7, 11) is 1.64. The van der Waals surface area contributed by atoms with Crippen LogP contribution in [0.15, 0.2) is 58.0 Å². The maximum absolute atomic E-state index is 13.1. The molecule has 2 aliphatic rings. The number of ketones is 1. The number of ether oxygens (including phenoxy) is 1. The molecule has 2 aromatic carbocycles. The van der Waals surface area contributed by atoms with E-state index in [0.29, 0.717) is 42.1 Å². The predicted molar refractivity (Wildman–Crippen MR) is 140 cm³/mol. The van der Waals surface area contributed by atoms with Crippen molar-refractivity contribution in [2.75, 3.05) is 37.0 Å². The summed E-state index contributed by atoms with van der Waals surface area (Å²) in [5.41, 5.74) is 3.36. The number of piperidine rings is 1. The topological polar surface area (TPSA) is 134 Å². The lowest BCUT2D eigenvalue weighted by Gasteiger charge is -2.38. The number of rotatable bonds is 5. The second-order valence-electron chi connectivity index (χ2n) is 9.43. The summed E-state index contributed by atoms with van der Waals surface area (Å²) in [6, 6.07) is 12.2. The summed E-state index contributed by atoms with van der Waals surface area (Å²) in [5.74, 6) is 0.585. The van der Waals surface area contributed by atoms with Gasteiger partial charge in [0.25, 0.3) is 0 Å². The van der Waals surface area contributed by atoms with Gasteiger partial charge < -0.3 is 24.3 Å². The summed E-state index contributed by atoms with van der Waals surface area (Å²) >= 11 is 0. The van der Waals surface area contributed by atoms with Gasteiger partial charge in [0.15, 0.2) is 5.58 Å². The van der Waals surface area contributed by atoms with Crippen LogP contribution in [0.25, 0.3) is 11.1 Å². The number of aromatic nitrogens is 3. The molecule has 2 N–H and O–H groups in total. The van der Waals surface area contributed by atoms with E-state index in [0.717, 1.165) is 36.3 Å². The first-order valence-electron chi connectivity index (χ1n) is 12.5. The molecule has 11 heteroatoms. The molecular weight excluding hydrogens is 488 g/mol. The molecule has 2 aliphatic heterocycles. The van der Waals surface area contributed by atoms with Crippen LogP contribution < -0.4 is 20.7 Å². The zero-order chi connectivity index (χ0) is 26.2. The molecule has 0 spiro atoms. The van der Waals surface area contributed by atoms with Gasteiger partial charge in [-0.2, -0.15) is 0 Å². The maximum Gasteiger partial charge on any atom is 0.417 e. The minimum Gasteiger partial charge on any atom is -0.497 e. The molecule has 2 aromatic heterocycles. The second kappa shape index (κ2) is 9.66. The average Bonchev–Trinajstić information content (AvgIpc) is 3.24. The van der Waals surface area contributed by atoms with Crippen molar-refractivity contribution >= 4 is 34.4 Å². The van der Waals surface area contributed by atoms with Crippen molar-refractivity contribution in [1.29, 1.82) is 0 Å². The standard InChI is InChI=1S/C27H26N6O5/c1-37-19-3-5-20-16(12-19)6-11-33(26(35)30-20)18-7-9-32(10-8-18)24-14-22(28-15-29-24)25(34)17-2-4-21-23(13-17)38-27(36)31-21/h2-5,12-15,18H,6-11H2,1H3,(H,30,35)(H,31,36). The molecule has 2 amide bonds. The SMILES string of the molecule is COc1ccc2c(c1)CCN(C1CCN(c3cc(C(=O)c4ccc5[nH]c(=O)oc5c4)ncn3)CC1)C(=O)N2. The van der Waals surface area contributed by atoms with E-state index >= 15 is 0 Å². The first-order chi connectivity index (χ1) is 18.5. The molecule has 11 nitrogen and oxygen atoms in total. The van der Waals surface area contributed by atoms with Gasteiger partial charge in [-0.15, -0.1) is 0 Å². The van der Waals surface area contributed by atoms with E-state index in [9.17, 15) is 14.4 Å². The number of methoxy groups -OCH3 is 1. The highest BCUT2D eigenvalue weighted by atomic mass is 16.5. The number of hydrogen-bond acceptors (Lipinski definition) is 8. The first kappa shape index (κ1) is 23.7. The Morgan fingerprint density at radius 1 is 1.05 bits per heavy atom. The Bertz CT molecular complexity index is 1590. The monoisotopic (exact) mass is 514 g/mol. The van der Waals surface area contributed by atoms with Crippen molar-refractivity contribution in [2.45, 2.75) is 25.3 Å². The number of oxazole rings is 1. The molecule has 1 saturated heterocycles. The Labute approximate surface area is 217 Å². The predicted octanol–water partition coefficient (Wildman–Crippen LogP) is 3.21. The summed E-state index contributed by atoms with van der Waals surface area (Å²) in [6.45, 7) is 2.02. The molecule has 0 radical (unpaired) electrons. The fourth-order valence-corrected chi connectivity index (χ4v) is 5.19. The Morgan fingerprint density at radius 3 is 2.71 bits per heavy atom. The van der Waals surface area contributed by atoms with Crippen LogP contribution in [0.3, 0.4) is 0 Å². The van der Waals surface area contributed by atoms with Crippen molar-refractivity contribution < 1.29 is 18.7 Å². The third-order valence-corrected chi connectivity index (χ3v) is 7.23. The molecule has 0 atom stereocenters.